The van der Waals surface area contributed by atoms with Crippen molar-refractivity contribution in [3.63, 3.8) is 0 Å². The van der Waals surface area contributed by atoms with Gasteiger partial charge in [0.25, 0.3) is 0 Å². The van der Waals surface area contributed by atoms with Gasteiger partial charge < -0.3 is 10.1 Å². The van der Waals surface area contributed by atoms with Crippen LogP contribution in [0.3, 0.4) is 0 Å². The Morgan fingerprint density at radius 1 is 1.14 bits per heavy atom. The lowest BCUT2D eigenvalue weighted by Gasteiger charge is -2.22. The topological polar surface area (TPSA) is 75.7 Å². The molecule has 1 N–H and O–H groups in total. The molecular weight excluding hydrogens is 412 g/mol. The van der Waals surface area contributed by atoms with E-state index < -0.39 is 10.0 Å². The average molecular weight is 439 g/mol. The molecule has 0 bridgehead atoms. The number of benzene rings is 2. The van der Waals surface area contributed by atoms with Crippen LogP contribution in [0.5, 0.6) is 5.75 Å². The normalized spacial score (nSPS) is 12.3. The number of ether oxygens (including phenoxy) is 1. The van der Waals surface area contributed by atoms with Crippen LogP contribution >= 0.6 is 11.6 Å². The molecule has 0 unspecified atom stereocenters. The Hall–Kier alpha value is -2.25. The molecule has 2 rings (SSSR count). The molecule has 1 atom stereocenters. The lowest BCUT2D eigenvalue weighted by molar-refractivity contribution is -0.121. The largest absolute Gasteiger partial charge is 0.491 e. The molecule has 6 nitrogen and oxygen atoms in total. The van der Waals surface area contributed by atoms with Gasteiger partial charge in [-0.1, -0.05) is 29.3 Å². The summed E-state index contributed by atoms with van der Waals surface area (Å²) in [5.41, 5.74) is 1.68. The van der Waals surface area contributed by atoms with E-state index in [-0.39, 0.29) is 24.9 Å². The van der Waals surface area contributed by atoms with Crippen LogP contribution in [0.4, 0.5) is 5.69 Å². The molecule has 29 heavy (non-hydrogen) atoms. The second kappa shape index (κ2) is 10.5. The van der Waals surface area contributed by atoms with Crippen molar-refractivity contribution in [3.8, 4) is 5.75 Å². The molecule has 8 heteroatoms. The Kier molecular flexibility index (Phi) is 8.34. The fourth-order valence-electron chi connectivity index (χ4n) is 2.72. The van der Waals surface area contributed by atoms with Gasteiger partial charge in [0.15, 0.2) is 0 Å². The SMILES string of the molecule is Cc1ccc(OC[C@@H](C)NC(=O)CCCN(c2ccc(Cl)cc2)S(C)(=O)=O)cc1. The number of anilines is 1. The molecule has 0 saturated carbocycles. The van der Waals surface area contributed by atoms with Gasteiger partial charge in [-0.15, -0.1) is 0 Å². The van der Waals surface area contributed by atoms with E-state index in [1.807, 2.05) is 38.1 Å². The third-order valence-corrected chi connectivity index (χ3v) is 5.65. The van der Waals surface area contributed by atoms with Crippen molar-refractivity contribution in [2.45, 2.75) is 32.7 Å². The number of sulfonamides is 1. The quantitative estimate of drug-likeness (QED) is 0.612. The zero-order valence-corrected chi connectivity index (χ0v) is 18.5. The van der Waals surface area contributed by atoms with Gasteiger partial charge in [-0.2, -0.15) is 0 Å². The average Bonchev–Trinajstić information content (AvgIpc) is 2.65. The molecule has 0 aliphatic heterocycles. The summed E-state index contributed by atoms with van der Waals surface area (Å²) in [7, 11) is -3.46. The molecule has 0 aliphatic rings. The fraction of sp³-hybridized carbons (Fsp3) is 0.381. The highest BCUT2D eigenvalue weighted by atomic mass is 35.5. The summed E-state index contributed by atoms with van der Waals surface area (Å²) in [6.07, 6.45) is 1.76. The van der Waals surface area contributed by atoms with E-state index in [4.69, 9.17) is 16.3 Å². The Balaban J connectivity index is 1.79. The number of aryl methyl sites for hydroxylation is 1. The Morgan fingerprint density at radius 2 is 1.76 bits per heavy atom. The predicted molar refractivity (Wildman–Crippen MR) is 117 cm³/mol. The minimum atomic E-state index is -3.46. The first kappa shape index (κ1) is 23.0. The summed E-state index contributed by atoms with van der Waals surface area (Å²) < 4.78 is 31.1. The number of amides is 1. The van der Waals surface area contributed by atoms with Gasteiger partial charge >= 0.3 is 0 Å². The van der Waals surface area contributed by atoms with Crippen molar-refractivity contribution in [1.82, 2.24) is 5.32 Å². The van der Waals surface area contributed by atoms with Crippen LogP contribution in [0.1, 0.15) is 25.3 Å². The zero-order chi connectivity index (χ0) is 21.4. The Labute approximate surface area is 177 Å². The van der Waals surface area contributed by atoms with E-state index in [2.05, 4.69) is 5.32 Å². The van der Waals surface area contributed by atoms with Crippen molar-refractivity contribution in [3.05, 3.63) is 59.1 Å². The van der Waals surface area contributed by atoms with Gasteiger partial charge in [-0.3, -0.25) is 9.10 Å². The Bertz CT molecular complexity index is 899. The van der Waals surface area contributed by atoms with Gasteiger partial charge in [0.2, 0.25) is 15.9 Å². The number of rotatable bonds is 10. The second-order valence-electron chi connectivity index (χ2n) is 7.01. The van der Waals surface area contributed by atoms with Crippen LogP contribution in [-0.2, 0) is 14.8 Å². The van der Waals surface area contributed by atoms with Gasteiger partial charge in [-0.05, 0) is 56.7 Å². The number of halogens is 1. The highest BCUT2D eigenvalue weighted by molar-refractivity contribution is 7.92. The highest BCUT2D eigenvalue weighted by Crippen LogP contribution is 2.21. The van der Waals surface area contributed by atoms with Crippen LogP contribution in [0, 0.1) is 6.92 Å². The third-order valence-electron chi connectivity index (χ3n) is 4.21. The summed E-state index contributed by atoms with van der Waals surface area (Å²) in [6, 6.07) is 14.1. The molecule has 0 fully saturated rings. The molecule has 1 amide bonds. The van der Waals surface area contributed by atoms with E-state index in [9.17, 15) is 13.2 Å². The molecule has 0 saturated heterocycles. The number of carbonyl (C=O) groups excluding carboxylic acids is 1. The monoisotopic (exact) mass is 438 g/mol. The molecule has 0 radical (unpaired) electrons. The number of nitrogens with one attached hydrogen (secondary N) is 1. The van der Waals surface area contributed by atoms with Gasteiger partial charge in [0.1, 0.15) is 12.4 Å². The van der Waals surface area contributed by atoms with Gasteiger partial charge in [-0.25, -0.2) is 8.42 Å². The predicted octanol–water partition coefficient (Wildman–Crippen LogP) is 3.78. The van der Waals surface area contributed by atoms with Gasteiger partial charge in [0, 0.05) is 18.0 Å². The van der Waals surface area contributed by atoms with Crippen LogP contribution in [0.25, 0.3) is 0 Å². The van der Waals surface area contributed by atoms with E-state index in [0.29, 0.717) is 23.7 Å². The number of nitrogens with zero attached hydrogens (tertiary/aromatic N) is 1. The smallest absolute Gasteiger partial charge is 0.232 e. The summed E-state index contributed by atoms with van der Waals surface area (Å²) in [5, 5.41) is 3.40. The van der Waals surface area contributed by atoms with Crippen LogP contribution in [-0.4, -0.2) is 39.8 Å². The van der Waals surface area contributed by atoms with Crippen molar-refractivity contribution in [2.24, 2.45) is 0 Å². The molecule has 2 aromatic carbocycles. The maximum Gasteiger partial charge on any atom is 0.232 e. The number of carbonyl (C=O) groups is 1. The van der Waals surface area contributed by atoms with Crippen molar-refractivity contribution < 1.29 is 17.9 Å². The summed E-state index contributed by atoms with van der Waals surface area (Å²) in [5.74, 6) is 0.609. The first-order chi connectivity index (χ1) is 13.6. The summed E-state index contributed by atoms with van der Waals surface area (Å²) >= 11 is 5.87. The van der Waals surface area contributed by atoms with E-state index in [0.717, 1.165) is 17.6 Å². The lowest BCUT2D eigenvalue weighted by Crippen LogP contribution is -2.37. The van der Waals surface area contributed by atoms with E-state index in [1.165, 1.54) is 4.31 Å². The first-order valence-electron chi connectivity index (χ1n) is 9.37. The lowest BCUT2D eigenvalue weighted by atomic mass is 10.2. The van der Waals surface area contributed by atoms with E-state index >= 15 is 0 Å². The maximum atomic E-state index is 12.2. The minimum absolute atomic E-state index is 0.144. The molecule has 0 aromatic heterocycles. The van der Waals surface area contributed by atoms with E-state index in [1.54, 1.807) is 24.3 Å². The maximum absolute atomic E-state index is 12.2. The second-order valence-corrected chi connectivity index (χ2v) is 9.35. The highest BCUT2D eigenvalue weighted by Gasteiger charge is 2.18. The molecule has 158 valence electrons. The van der Waals surface area contributed by atoms with Crippen LogP contribution in [0.15, 0.2) is 48.5 Å². The first-order valence-corrected chi connectivity index (χ1v) is 11.6. The standard InChI is InChI=1S/C21H27ClN2O4S/c1-16-6-12-20(13-7-16)28-15-17(2)23-21(25)5-4-14-24(29(3,26)27)19-10-8-18(22)9-11-19/h6-13,17H,4-5,14-15H2,1-3H3,(H,23,25)/t17-/m1/s1. The summed E-state index contributed by atoms with van der Waals surface area (Å²) in [4.78, 5) is 12.2. The van der Waals surface area contributed by atoms with Crippen molar-refractivity contribution >= 4 is 33.2 Å². The number of hydrogen-bond donors (Lipinski definition) is 1. The van der Waals surface area contributed by atoms with Crippen molar-refractivity contribution in [1.29, 1.82) is 0 Å². The van der Waals surface area contributed by atoms with Crippen LogP contribution in [0.2, 0.25) is 5.02 Å². The zero-order valence-electron chi connectivity index (χ0n) is 16.9. The van der Waals surface area contributed by atoms with Crippen molar-refractivity contribution in [2.75, 3.05) is 23.7 Å². The molecular formula is C21H27ClN2O4S. The van der Waals surface area contributed by atoms with Gasteiger partial charge in [0.05, 0.1) is 18.0 Å². The molecule has 0 aliphatic carbocycles. The molecule has 0 spiro atoms. The minimum Gasteiger partial charge on any atom is -0.491 e. The van der Waals surface area contributed by atoms with Crippen LogP contribution < -0.4 is 14.4 Å². The number of hydrogen-bond acceptors (Lipinski definition) is 4. The molecule has 0 heterocycles. The Morgan fingerprint density at radius 3 is 2.34 bits per heavy atom. The third kappa shape index (κ3) is 7.95. The summed E-state index contributed by atoms with van der Waals surface area (Å²) in [6.45, 7) is 4.43. The molecule has 2 aromatic rings. The fourth-order valence-corrected chi connectivity index (χ4v) is 3.81.